The summed E-state index contributed by atoms with van der Waals surface area (Å²) in [6, 6.07) is 6.08. The second-order valence-corrected chi connectivity index (χ2v) is 7.49. The van der Waals surface area contributed by atoms with E-state index in [9.17, 15) is 29.8 Å². The van der Waals surface area contributed by atoms with Gasteiger partial charge >= 0.3 is 5.69 Å². The molecule has 0 unspecified atom stereocenters. The summed E-state index contributed by atoms with van der Waals surface area (Å²) in [7, 11) is 2.00. The van der Waals surface area contributed by atoms with Crippen molar-refractivity contribution in [2.45, 2.75) is 0 Å². The molecule has 0 radical (unpaired) electrons. The zero-order valence-electron chi connectivity index (χ0n) is 17.0. The predicted octanol–water partition coefficient (Wildman–Crippen LogP) is 1.68. The summed E-state index contributed by atoms with van der Waals surface area (Å²) in [5.41, 5.74) is 0.315. The molecule has 13 nitrogen and oxygen atoms in total. The third kappa shape index (κ3) is 4.13. The van der Waals surface area contributed by atoms with Crippen LogP contribution in [0, 0.1) is 20.2 Å². The number of aromatic amines is 2. The van der Waals surface area contributed by atoms with Crippen LogP contribution in [-0.2, 0) is 0 Å². The van der Waals surface area contributed by atoms with Gasteiger partial charge in [0.1, 0.15) is 0 Å². The average molecular weight is 441 g/mol. The maximum Gasteiger partial charge on any atom is 0.323 e. The normalized spacial score (nSPS) is 14.5. The molecule has 1 aliphatic rings. The molecule has 1 aromatic heterocycles. The van der Waals surface area contributed by atoms with Crippen LogP contribution in [0.4, 0.5) is 22.7 Å². The number of fused-ring (bicyclic) bond motifs is 1. The minimum absolute atomic E-state index is 0.224. The lowest BCUT2D eigenvalue weighted by Gasteiger charge is -2.35. The van der Waals surface area contributed by atoms with Crippen molar-refractivity contribution in [3.63, 3.8) is 0 Å². The van der Waals surface area contributed by atoms with Crippen LogP contribution in [0.5, 0.6) is 0 Å². The van der Waals surface area contributed by atoms with Crippen molar-refractivity contribution in [1.82, 2.24) is 14.9 Å². The molecule has 32 heavy (non-hydrogen) atoms. The van der Waals surface area contributed by atoms with Gasteiger partial charge in [-0.1, -0.05) is 0 Å². The highest BCUT2D eigenvalue weighted by atomic mass is 16.6. The second-order valence-electron chi connectivity index (χ2n) is 7.49. The lowest BCUT2D eigenvalue weighted by Crippen LogP contribution is -2.44. The number of carbonyl (C=O) groups excluding carboxylic acids is 1. The summed E-state index contributed by atoms with van der Waals surface area (Å²) in [5, 5.41) is 25.0. The molecule has 1 amide bonds. The Balaban J connectivity index is 1.74. The van der Waals surface area contributed by atoms with Crippen molar-refractivity contribution in [2.24, 2.45) is 0 Å². The minimum Gasteiger partial charge on any atom is -0.367 e. The van der Waals surface area contributed by atoms with Gasteiger partial charge in [0.15, 0.2) is 0 Å². The molecule has 4 rings (SSSR count). The monoisotopic (exact) mass is 441 g/mol. The molecule has 166 valence electrons. The quantitative estimate of drug-likeness (QED) is 0.396. The van der Waals surface area contributed by atoms with Gasteiger partial charge in [-0.2, -0.15) is 0 Å². The highest BCUT2D eigenvalue weighted by Crippen LogP contribution is 2.31. The summed E-state index contributed by atoms with van der Waals surface area (Å²) in [5.74, 6) is -0.746. The summed E-state index contributed by atoms with van der Waals surface area (Å²) < 4.78 is 0. The smallest absolute Gasteiger partial charge is 0.323 e. The van der Waals surface area contributed by atoms with Crippen LogP contribution in [0.3, 0.4) is 0 Å². The number of likely N-dealkylation sites (N-methyl/N-ethyl adjacent to an activating group) is 1. The van der Waals surface area contributed by atoms with Crippen LogP contribution in [0.25, 0.3) is 11.0 Å². The molecule has 1 saturated heterocycles. The molecular formula is C19H19N7O6. The van der Waals surface area contributed by atoms with Crippen LogP contribution in [0.15, 0.2) is 35.1 Å². The first-order chi connectivity index (χ1) is 15.2. The Labute approximate surface area is 179 Å². The highest BCUT2D eigenvalue weighted by molar-refractivity contribution is 6.08. The fourth-order valence-electron chi connectivity index (χ4n) is 3.61. The Kier molecular flexibility index (Phi) is 5.32. The Bertz CT molecular complexity index is 1260. The fraction of sp³-hybridized carbons (Fsp3) is 0.263. The Morgan fingerprint density at radius 2 is 1.50 bits per heavy atom. The Hall–Kier alpha value is -4.26. The summed E-state index contributed by atoms with van der Waals surface area (Å²) in [6.45, 7) is 2.96. The molecule has 0 saturated carbocycles. The summed E-state index contributed by atoms with van der Waals surface area (Å²) >= 11 is 0. The van der Waals surface area contributed by atoms with Crippen molar-refractivity contribution in [1.29, 1.82) is 0 Å². The molecule has 2 heterocycles. The third-order valence-electron chi connectivity index (χ3n) is 5.31. The lowest BCUT2D eigenvalue weighted by atomic mass is 10.1. The number of hydrogen-bond acceptors (Lipinski definition) is 8. The van der Waals surface area contributed by atoms with Gasteiger partial charge in [0.25, 0.3) is 17.3 Å². The number of nitrogens with one attached hydrogen (secondary N) is 3. The van der Waals surface area contributed by atoms with Crippen LogP contribution >= 0.6 is 0 Å². The van der Waals surface area contributed by atoms with Gasteiger partial charge in [0, 0.05) is 38.3 Å². The van der Waals surface area contributed by atoms with Crippen LogP contribution in [0.2, 0.25) is 0 Å². The van der Waals surface area contributed by atoms with E-state index in [0.29, 0.717) is 35.5 Å². The van der Waals surface area contributed by atoms with Gasteiger partial charge in [-0.15, -0.1) is 0 Å². The van der Waals surface area contributed by atoms with E-state index in [0.717, 1.165) is 31.3 Å². The van der Waals surface area contributed by atoms with E-state index in [4.69, 9.17) is 0 Å². The van der Waals surface area contributed by atoms with Crippen molar-refractivity contribution in [3.8, 4) is 0 Å². The number of anilines is 2. The zero-order valence-corrected chi connectivity index (χ0v) is 17.0. The van der Waals surface area contributed by atoms with Gasteiger partial charge in [0.2, 0.25) is 0 Å². The van der Waals surface area contributed by atoms with Crippen LogP contribution in [0.1, 0.15) is 10.4 Å². The van der Waals surface area contributed by atoms with E-state index in [-0.39, 0.29) is 5.56 Å². The molecule has 0 bridgehead atoms. The number of carbonyl (C=O) groups is 1. The molecule has 2 aromatic carbocycles. The highest BCUT2D eigenvalue weighted by Gasteiger charge is 2.23. The van der Waals surface area contributed by atoms with E-state index in [1.165, 1.54) is 0 Å². The number of nitrogens with zero attached hydrogens (tertiary/aromatic N) is 4. The van der Waals surface area contributed by atoms with Crippen LogP contribution < -0.4 is 15.9 Å². The number of benzene rings is 2. The number of nitro groups is 2. The largest absolute Gasteiger partial charge is 0.367 e. The molecule has 3 aromatic rings. The number of nitro benzene ring substituents is 2. The Morgan fingerprint density at radius 1 is 0.938 bits per heavy atom. The van der Waals surface area contributed by atoms with Gasteiger partial charge in [-0.3, -0.25) is 25.0 Å². The maximum atomic E-state index is 12.9. The second kappa shape index (κ2) is 8.11. The number of aromatic nitrogens is 2. The average Bonchev–Trinajstić information content (AvgIpc) is 3.12. The minimum atomic E-state index is -0.796. The van der Waals surface area contributed by atoms with E-state index in [1.807, 2.05) is 7.05 Å². The number of non-ortho nitro benzene ring substituents is 2. The number of hydrogen-bond donors (Lipinski definition) is 3. The number of piperazine rings is 1. The first-order valence-electron chi connectivity index (χ1n) is 9.66. The SMILES string of the molecule is CN1CCN(c2cc3[nH]c(=O)[nH]c3cc2NC(=O)c2cc([N+](=O)[O-])cc([N+](=O)[O-])c2)CC1. The van der Waals surface area contributed by atoms with Crippen molar-refractivity contribution in [3.05, 3.63) is 66.6 Å². The zero-order chi connectivity index (χ0) is 23.0. The van der Waals surface area contributed by atoms with Gasteiger partial charge in [0.05, 0.1) is 43.9 Å². The molecule has 0 atom stereocenters. The first-order valence-corrected chi connectivity index (χ1v) is 9.66. The Morgan fingerprint density at radius 3 is 2.06 bits per heavy atom. The molecule has 0 aliphatic carbocycles. The van der Waals surface area contributed by atoms with Gasteiger partial charge < -0.3 is 25.1 Å². The van der Waals surface area contributed by atoms with Gasteiger partial charge in [-0.05, 0) is 19.2 Å². The molecule has 1 aliphatic heterocycles. The maximum absolute atomic E-state index is 12.9. The number of imidazole rings is 1. The lowest BCUT2D eigenvalue weighted by molar-refractivity contribution is -0.394. The standard InChI is InChI=1S/C19H19N7O6/c1-23-2-4-24(5-3-23)17-10-15-14(21-19(28)22-15)9-16(17)20-18(27)11-6-12(25(29)30)8-13(7-11)26(31)32/h6-10H,2-5H2,1H3,(H,20,27)(H2,21,22,28). The molecule has 0 spiro atoms. The first kappa shape index (κ1) is 21.0. The molecule has 13 heteroatoms. The van der Waals surface area contributed by atoms with Crippen molar-refractivity contribution < 1.29 is 14.6 Å². The topological polar surface area (TPSA) is 171 Å². The number of rotatable bonds is 5. The molecular weight excluding hydrogens is 422 g/mol. The number of amides is 1. The number of H-pyrrole nitrogens is 2. The predicted molar refractivity (Wildman–Crippen MR) is 116 cm³/mol. The van der Waals surface area contributed by atoms with E-state index in [1.54, 1.807) is 12.1 Å². The van der Waals surface area contributed by atoms with E-state index >= 15 is 0 Å². The van der Waals surface area contributed by atoms with E-state index in [2.05, 4.69) is 25.1 Å². The molecule has 3 N–H and O–H groups in total. The van der Waals surface area contributed by atoms with Gasteiger partial charge in [-0.25, -0.2) is 4.79 Å². The summed E-state index contributed by atoms with van der Waals surface area (Å²) in [4.78, 5) is 54.9. The van der Waals surface area contributed by atoms with Crippen molar-refractivity contribution >= 4 is 39.7 Å². The fourth-order valence-corrected chi connectivity index (χ4v) is 3.61. The van der Waals surface area contributed by atoms with Crippen LogP contribution in [-0.4, -0.2) is 63.8 Å². The van der Waals surface area contributed by atoms with E-state index < -0.39 is 32.8 Å². The summed E-state index contributed by atoms with van der Waals surface area (Å²) in [6.07, 6.45) is 0. The van der Waals surface area contributed by atoms with Crippen molar-refractivity contribution in [2.75, 3.05) is 43.4 Å². The molecule has 1 fully saturated rings. The third-order valence-corrected chi connectivity index (χ3v) is 5.31.